The summed E-state index contributed by atoms with van der Waals surface area (Å²) in [6.07, 6.45) is 15.7. The second-order valence-electron chi connectivity index (χ2n) is 15.1. The lowest BCUT2D eigenvalue weighted by Crippen LogP contribution is -2.66. The highest BCUT2D eigenvalue weighted by atomic mass is 28.4. The van der Waals surface area contributed by atoms with Gasteiger partial charge in [0.1, 0.15) is 5.82 Å². The van der Waals surface area contributed by atoms with Gasteiger partial charge in [0.25, 0.3) is 8.32 Å². The number of aromatic nitrogens is 5. The fourth-order valence-electron chi connectivity index (χ4n) is 8.63. The van der Waals surface area contributed by atoms with E-state index < -0.39 is 8.32 Å². The summed E-state index contributed by atoms with van der Waals surface area (Å²) in [6.45, 7) is 10.0. The van der Waals surface area contributed by atoms with Gasteiger partial charge in [-0.05, 0) is 97.8 Å². The van der Waals surface area contributed by atoms with Crippen LogP contribution >= 0.6 is 0 Å². The molecule has 7 nitrogen and oxygen atoms in total. The summed E-state index contributed by atoms with van der Waals surface area (Å²) in [5, 5.41) is 16.9. The minimum atomic E-state index is -2.64. The van der Waals surface area contributed by atoms with E-state index >= 15 is 0 Å². The molecule has 0 unspecified atom stereocenters. The first kappa shape index (κ1) is 31.5. The molecular formula is C38H52N6OSi. The average Bonchev–Trinajstić information content (AvgIpc) is 3.69. The van der Waals surface area contributed by atoms with E-state index in [0.29, 0.717) is 24.5 Å². The molecule has 2 saturated carbocycles. The Morgan fingerprint density at radius 3 is 1.91 bits per heavy atom. The Morgan fingerprint density at radius 2 is 1.35 bits per heavy atom. The van der Waals surface area contributed by atoms with Crippen LogP contribution in [0.15, 0.2) is 73.1 Å². The van der Waals surface area contributed by atoms with Crippen LogP contribution in [0.25, 0.3) is 0 Å². The molecule has 0 N–H and O–H groups in total. The Bertz CT molecular complexity index is 1520. The Morgan fingerprint density at radius 1 is 0.761 bits per heavy atom. The monoisotopic (exact) mass is 636 g/mol. The highest BCUT2D eigenvalue weighted by Crippen LogP contribution is 2.41. The molecule has 0 spiro atoms. The van der Waals surface area contributed by atoms with Gasteiger partial charge < -0.3 is 13.9 Å². The van der Waals surface area contributed by atoms with Gasteiger partial charge in [-0.25, -0.2) is 0 Å². The van der Waals surface area contributed by atoms with E-state index in [0.717, 1.165) is 30.5 Å². The Labute approximate surface area is 276 Å². The Balaban J connectivity index is 1.00. The molecule has 0 radical (unpaired) electrons. The topological polar surface area (TPSA) is 61.0 Å². The van der Waals surface area contributed by atoms with Gasteiger partial charge in [-0.2, -0.15) is 5.10 Å². The van der Waals surface area contributed by atoms with Crippen molar-refractivity contribution in [1.82, 2.24) is 29.4 Å². The van der Waals surface area contributed by atoms with Crippen molar-refractivity contribution in [2.75, 3.05) is 13.1 Å². The predicted molar refractivity (Wildman–Crippen MR) is 187 cm³/mol. The molecule has 1 saturated heterocycles. The SMILES string of the molecule is Cn1c(CO[Si](c2ccccc2)(c2ccccc2)C(C)(C)C)nnc1[C@H]1CC[C@H](c2cnn([C@H]3CC[C@H](N4CCC4)CC3)c2)CC1. The van der Waals surface area contributed by atoms with Gasteiger partial charge in [0.15, 0.2) is 5.82 Å². The molecule has 3 aliphatic rings. The van der Waals surface area contributed by atoms with Gasteiger partial charge >= 0.3 is 0 Å². The van der Waals surface area contributed by atoms with Gasteiger partial charge in [-0.3, -0.25) is 4.68 Å². The molecule has 4 aromatic rings. The first-order valence-electron chi connectivity index (χ1n) is 17.7. The number of hydrogen-bond donors (Lipinski definition) is 0. The third-order valence-corrected chi connectivity index (χ3v) is 16.4. The first-order chi connectivity index (χ1) is 22.3. The van der Waals surface area contributed by atoms with E-state index in [1.165, 1.54) is 74.0 Å². The van der Waals surface area contributed by atoms with Gasteiger partial charge in [-0.1, -0.05) is 81.4 Å². The summed E-state index contributed by atoms with van der Waals surface area (Å²) in [5.41, 5.74) is 1.43. The lowest BCUT2D eigenvalue weighted by Gasteiger charge is -2.42. The highest BCUT2D eigenvalue weighted by Gasteiger charge is 2.50. The third kappa shape index (κ3) is 6.04. The van der Waals surface area contributed by atoms with Gasteiger partial charge in [0.2, 0.25) is 0 Å². The van der Waals surface area contributed by atoms with Crippen LogP contribution in [0.4, 0.5) is 0 Å². The molecular weight excluding hydrogens is 585 g/mol. The summed E-state index contributed by atoms with van der Waals surface area (Å²) >= 11 is 0. The largest absolute Gasteiger partial charge is 0.400 e. The van der Waals surface area contributed by atoms with Crippen molar-refractivity contribution in [3.05, 3.63) is 90.3 Å². The zero-order chi connectivity index (χ0) is 31.7. The zero-order valence-electron chi connectivity index (χ0n) is 28.3. The van der Waals surface area contributed by atoms with E-state index in [-0.39, 0.29) is 5.04 Å². The van der Waals surface area contributed by atoms with Gasteiger partial charge in [-0.15, -0.1) is 10.2 Å². The molecule has 0 amide bonds. The summed E-state index contributed by atoms with van der Waals surface area (Å²) in [5.74, 6) is 3.04. The summed E-state index contributed by atoms with van der Waals surface area (Å²) < 4.78 is 11.7. The standard InChI is InChI=1S/C38H52N6OSi/c1-38(2,3)46(34-12-7-5-8-13-34,35-14-9-6-10-15-35)45-28-36-40-41-37(42(36)4)30-18-16-29(17-19-30)31-26-39-44(27-31)33-22-20-32(21-23-33)43-24-11-25-43/h5-10,12-15,26-27,29-30,32-33H,11,16-25,28H2,1-4H3/t29-,30-,32-,33-. The van der Waals surface area contributed by atoms with Gasteiger partial charge in [0.05, 0.1) is 18.8 Å². The van der Waals surface area contributed by atoms with Crippen molar-refractivity contribution in [2.45, 2.75) is 114 Å². The number of nitrogens with zero attached hydrogens (tertiary/aromatic N) is 6. The van der Waals surface area contributed by atoms with E-state index in [4.69, 9.17) is 19.7 Å². The molecule has 0 atom stereocenters. The van der Waals surface area contributed by atoms with Crippen molar-refractivity contribution >= 4 is 18.7 Å². The van der Waals surface area contributed by atoms with Crippen molar-refractivity contribution < 1.29 is 4.43 Å². The van der Waals surface area contributed by atoms with Crippen LogP contribution in [-0.2, 0) is 18.1 Å². The summed E-state index contributed by atoms with van der Waals surface area (Å²) in [6, 6.07) is 23.1. The van der Waals surface area contributed by atoms with Crippen molar-refractivity contribution in [3.8, 4) is 0 Å². The van der Waals surface area contributed by atoms with E-state index in [1.54, 1.807) is 0 Å². The minimum absolute atomic E-state index is 0.0725. The lowest BCUT2D eigenvalue weighted by atomic mass is 9.79. The van der Waals surface area contributed by atoms with Crippen LogP contribution in [-0.4, -0.2) is 56.9 Å². The molecule has 7 rings (SSSR count). The van der Waals surface area contributed by atoms with Crippen LogP contribution in [0, 0.1) is 0 Å². The molecule has 8 heteroatoms. The quantitative estimate of drug-likeness (QED) is 0.191. The third-order valence-electron chi connectivity index (χ3n) is 11.5. The predicted octanol–water partition coefficient (Wildman–Crippen LogP) is 6.72. The summed E-state index contributed by atoms with van der Waals surface area (Å²) in [4.78, 5) is 2.69. The minimum Gasteiger partial charge on any atom is -0.400 e. The number of benzene rings is 2. The maximum absolute atomic E-state index is 7.19. The van der Waals surface area contributed by atoms with Crippen molar-refractivity contribution in [3.63, 3.8) is 0 Å². The Hall–Kier alpha value is -3.07. The normalized spacial score (nSPS) is 24.5. The summed E-state index contributed by atoms with van der Waals surface area (Å²) in [7, 11) is -0.511. The molecule has 46 heavy (non-hydrogen) atoms. The van der Waals surface area contributed by atoms with Crippen LogP contribution in [0.2, 0.25) is 5.04 Å². The van der Waals surface area contributed by atoms with Crippen LogP contribution in [0.5, 0.6) is 0 Å². The smallest absolute Gasteiger partial charge is 0.261 e. The molecule has 2 aromatic heterocycles. The lowest BCUT2D eigenvalue weighted by molar-refractivity contribution is 0.0787. The molecule has 2 aliphatic carbocycles. The van der Waals surface area contributed by atoms with E-state index in [2.05, 4.69) is 115 Å². The van der Waals surface area contributed by atoms with E-state index in [1.807, 2.05) is 0 Å². The molecule has 0 bridgehead atoms. The molecule has 1 aliphatic heterocycles. The zero-order valence-corrected chi connectivity index (χ0v) is 29.3. The Kier molecular flexibility index (Phi) is 9.05. The fraction of sp³-hybridized carbons (Fsp3) is 0.553. The maximum atomic E-state index is 7.19. The van der Waals surface area contributed by atoms with Crippen molar-refractivity contribution in [1.29, 1.82) is 0 Å². The first-order valence-corrected chi connectivity index (χ1v) is 19.7. The number of hydrogen-bond acceptors (Lipinski definition) is 5. The molecule has 3 fully saturated rings. The second-order valence-corrected chi connectivity index (χ2v) is 19.4. The fourth-order valence-corrected chi connectivity index (χ4v) is 13.1. The van der Waals surface area contributed by atoms with Crippen LogP contribution < -0.4 is 10.4 Å². The van der Waals surface area contributed by atoms with Crippen LogP contribution in [0.1, 0.15) is 114 Å². The van der Waals surface area contributed by atoms with Crippen molar-refractivity contribution in [2.24, 2.45) is 7.05 Å². The molecule has 3 heterocycles. The molecule has 244 valence electrons. The van der Waals surface area contributed by atoms with E-state index in [9.17, 15) is 0 Å². The average molecular weight is 637 g/mol. The molecule has 2 aromatic carbocycles. The highest BCUT2D eigenvalue weighted by molar-refractivity contribution is 6.99. The maximum Gasteiger partial charge on any atom is 0.261 e. The van der Waals surface area contributed by atoms with Crippen LogP contribution in [0.3, 0.4) is 0 Å². The second kappa shape index (κ2) is 13.2. The van der Waals surface area contributed by atoms with Gasteiger partial charge in [0, 0.05) is 25.2 Å². The number of likely N-dealkylation sites (tertiary alicyclic amines) is 1. The number of rotatable bonds is 9.